The zero-order valence-electron chi connectivity index (χ0n) is 17.9. The number of carbonyl (C=O) groups excluding carboxylic acids is 2. The lowest BCUT2D eigenvalue weighted by Gasteiger charge is -2.35. The molecule has 1 fully saturated rings. The van der Waals surface area contributed by atoms with Gasteiger partial charge >= 0.3 is 0 Å². The maximum Gasteiger partial charge on any atom is 0.240 e. The third-order valence-electron chi connectivity index (χ3n) is 5.29. The fraction of sp³-hybridized carbons (Fsp3) is 0.409. The third-order valence-corrected chi connectivity index (χ3v) is 6.92. The molecule has 1 aromatic carbocycles. The van der Waals surface area contributed by atoms with Gasteiger partial charge in [0, 0.05) is 51.0 Å². The highest BCUT2D eigenvalue weighted by molar-refractivity contribution is 7.89. The van der Waals surface area contributed by atoms with Gasteiger partial charge in [0.25, 0.3) is 0 Å². The summed E-state index contributed by atoms with van der Waals surface area (Å²) in [6, 6.07) is 10.6. The van der Waals surface area contributed by atoms with Crippen LogP contribution in [-0.4, -0.2) is 67.7 Å². The lowest BCUT2D eigenvalue weighted by Crippen LogP contribution is -2.51. The highest BCUT2D eigenvalue weighted by atomic mass is 32.2. The lowest BCUT2D eigenvalue weighted by molar-refractivity contribution is -0.139. The Kier molecular flexibility index (Phi) is 7.40. The fourth-order valence-corrected chi connectivity index (χ4v) is 4.86. The van der Waals surface area contributed by atoms with E-state index in [-0.39, 0.29) is 36.1 Å². The second-order valence-electron chi connectivity index (χ2n) is 7.68. The minimum absolute atomic E-state index is 0.00738. The number of pyridine rings is 1. The molecular formula is C22H28N4O4S. The number of sulfonamides is 1. The molecule has 1 N–H and O–H groups in total. The number of carbonyl (C=O) groups is 2. The maximum absolute atomic E-state index is 12.5. The molecule has 0 saturated carbocycles. The van der Waals surface area contributed by atoms with Gasteiger partial charge in [-0.15, -0.1) is 0 Å². The van der Waals surface area contributed by atoms with Crippen LogP contribution in [0.4, 0.5) is 0 Å². The van der Waals surface area contributed by atoms with E-state index >= 15 is 0 Å². The number of amides is 2. The van der Waals surface area contributed by atoms with Crippen molar-refractivity contribution in [2.75, 3.05) is 32.7 Å². The number of hydrogen-bond acceptors (Lipinski definition) is 5. The smallest absolute Gasteiger partial charge is 0.240 e. The number of hydrogen-bond donors (Lipinski definition) is 1. The van der Waals surface area contributed by atoms with Crippen LogP contribution in [0.15, 0.2) is 47.5 Å². The Hall–Kier alpha value is -2.78. The zero-order valence-corrected chi connectivity index (χ0v) is 18.7. The van der Waals surface area contributed by atoms with Gasteiger partial charge in [-0.05, 0) is 37.6 Å². The summed E-state index contributed by atoms with van der Waals surface area (Å²) in [6.07, 6.45) is 1.98. The monoisotopic (exact) mass is 444 g/mol. The lowest BCUT2D eigenvalue weighted by atomic mass is 10.2. The molecule has 1 aromatic heterocycles. The van der Waals surface area contributed by atoms with Crippen molar-refractivity contribution in [3.63, 3.8) is 0 Å². The summed E-state index contributed by atoms with van der Waals surface area (Å²) in [6.45, 7) is 5.50. The summed E-state index contributed by atoms with van der Waals surface area (Å²) in [7, 11) is -3.66. The molecule has 1 aliphatic heterocycles. The van der Waals surface area contributed by atoms with Crippen molar-refractivity contribution in [3.8, 4) is 0 Å². The van der Waals surface area contributed by atoms with Crippen LogP contribution in [0.5, 0.6) is 0 Å². The quantitative estimate of drug-likeness (QED) is 0.694. The number of nitrogens with one attached hydrogen (secondary N) is 1. The first-order chi connectivity index (χ1) is 14.8. The van der Waals surface area contributed by atoms with Gasteiger partial charge in [0.15, 0.2) is 0 Å². The normalized spacial score (nSPS) is 14.5. The summed E-state index contributed by atoms with van der Waals surface area (Å²) in [5.74, 6) is -0.132. The second-order valence-corrected chi connectivity index (χ2v) is 9.41. The van der Waals surface area contributed by atoms with Crippen LogP contribution in [0, 0.1) is 13.8 Å². The number of benzene rings is 1. The first kappa shape index (κ1) is 22.9. The van der Waals surface area contributed by atoms with Crippen molar-refractivity contribution in [2.45, 2.75) is 31.6 Å². The first-order valence-electron chi connectivity index (χ1n) is 10.3. The van der Waals surface area contributed by atoms with Gasteiger partial charge in [0.2, 0.25) is 21.8 Å². The van der Waals surface area contributed by atoms with Crippen molar-refractivity contribution in [1.82, 2.24) is 19.5 Å². The molecule has 8 nitrogen and oxygen atoms in total. The van der Waals surface area contributed by atoms with Gasteiger partial charge in [-0.1, -0.05) is 23.8 Å². The van der Waals surface area contributed by atoms with Gasteiger partial charge in [-0.25, -0.2) is 13.1 Å². The molecule has 2 aromatic rings. The Morgan fingerprint density at radius 2 is 1.68 bits per heavy atom. The van der Waals surface area contributed by atoms with Crippen LogP contribution in [0.2, 0.25) is 0 Å². The molecule has 31 heavy (non-hydrogen) atoms. The summed E-state index contributed by atoms with van der Waals surface area (Å²) >= 11 is 0. The standard InChI is InChI=1S/C22H28N4O4S/c1-17-6-7-20(18(2)15-17)31(29,30)24-10-8-21(27)25-11-13-26(14-12-25)22(28)16-19-5-3-4-9-23-19/h3-7,9,15,24H,8,10-14,16H2,1-2H3. The SMILES string of the molecule is Cc1ccc(S(=O)(=O)NCCC(=O)N2CCN(C(=O)Cc3ccccn3)CC2)c(C)c1. The van der Waals surface area contributed by atoms with Crippen LogP contribution in [0.25, 0.3) is 0 Å². The molecular weight excluding hydrogens is 416 g/mol. The van der Waals surface area contributed by atoms with E-state index in [4.69, 9.17) is 0 Å². The maximum atomic E-state index is 12.5. The minimum atomic E-state index is -3.66. The fourth-order valence-electron chi connectivity index (χ4n) is 3.60. The van der Waals surface area contributed by atoms with Gasteiger partial charge in [-0.3, -0.25) is 14.6 Å². The van der Waals surface area contributed by atoms with Gasteiger partial charge in [0.1, 0.15) is 0 Å². The van der Waals surface area contributed by atoms with E-state index in [1.807, 2.05) is 25.1 Å². The topological polar surface area (TPSA) is 99.7 Å². The molecule has 1 aliphatic rings. The number of nitrogens with zero attached hydrogens (tertiary/aromatic N) is 3. The van der Waals surface area contributed by atoms with Crippen LogP contribution in [-0.2, 0) is 26.0 Å². The number of rotatable bonds is 7. The molecule has 2 heterocycles. The summed E-state index contributed by atoms with van der Waals surface area (Å²) in [5.41, 5.74) is 2.39. The molecule has 0 radical (unpaired) electrons. The largest absolute Gasteiger partial charge is 0.339 e. The van der Waals surface area contributed by atoms with Crippen molar-refractivity contribution in [2.24, 2.45) is 0 Å². The van der Waals surface area contributed by atoms with Gasteiger partial charge in [0.05, 0.1) is 11.3 Å². The molecule has 166 valence electrons. The third kappa shape index (κ3) is 6.11. The Morgan fingerprint density at radius 3 is 2.29 bits per heavy atom. The molecule has 3 rings (SSSR count). The van der Waals surface area contributed by atoms with E-state index in [0.29, 0.717) is 31.7 Å². The molecule has 2 amide bonds. The summed E-state index contributed by atoms with van der Waals surface area (Å²) < 4.78 is 27.5. The predicted molar refractivity (Wildman–Crippen MR) is 117 cm³/mol. The van der Waals surface area contributed by atoms with Crippen molar-refractivity contribution in [3.05, 3.63) is 59.4 Å². The molecule has 1 saturated heterocycles. The Morgan fingerprint density at radius 1 is 1.00 bits per heavy atom. The number of aromatic nitrogens is 1. The summed E-state index contributed by atoms with van der Waals surface area (Å²) in [4.78, 5) is 32.7. The van der Waals surface area contributed by atoms with E-state index in [1.165, 1.54) is 0 Å². The van der Waals surface area contributed by atoms with Crippen molar-refractivity contribution >= 4 is 21.8 Å². The Balaban J connectivity index is 1.44. The molecule has 0 bridgehead atoms. The predicted octanol–water partition coefficient (Wildman–Crippen LogP) is 1.28. The Bertz CT molecular complexity index is 1030. The van der Waals surface area contributed by atoms with Crippen LogP contribution in [0.1, 0.15) is 23.2 Å². The van der Waals surface area contributed by atoms with Crippen molar-refractivity contribution in [1.29, 1.82) is 0 Å². The number of aryl methyl sites for hydroxylation is 2. The molecule has 0 spiro atoms. The van der Waals surface area contributed by atoms with Crippen LogP contribution in [0.3, 0.4) is 0 Å². The highest BCUT2D eigenvalue weighted by Crippen LogP contribution is 2.16. The van der Waals surface area contributed by atoms with E-state index < -0.39 is 10.0 Å². The molecule has 9 heteroatoms. The first-order valence-corrected chi connectivity index (χ1v) is 11.8. The van der Waals surface area contributed by atoms with E-state index in [1.54, 1.807) is 41.1 Å². The highest BCUT2D eigenvalue weighted by Gasteiger charge is 2.24. The van der Waals surface area contributed by atoms with Gasteiger partial charge < -0.3 is 9.80 Å². The zero-order chi connectivity index (χ0) is 22.4. The van der Waals surface area contributed by atoms with Crippen LogP contribution < -0.4 is 4.72 Å². The average molecular weight is 445 g/mol. The van der Waals surface area contributed by atoms with E-state index in [0.717, 1.165) is 11.3 Å². The van der Waals surface area contributed by atoms with E-state index in [9.17, 15) is 18.0 Å². The summed E-state index contributed by atoms with van der Waals surface area (Å²) in [5, 5.41) is 0. The number of piperazine rings is 1. The Labute approximate surface area is 183 Å². The van der Waals surface area contributed by atoms with Crippen molar-refractivity contribution < 1.29 is 18.0 Å². The second kappa shape index (κ2) is 10.0. The minimum Gasteiger partial charge on any atom is -0.339 e. The molecule has 0 aliphatic carbocycles. The van der Waals surface area contributed by atoms with Crippen LogP contribution >= 0.6 is 0 Å². The molecule has 0 unspecified atom stereocenters. The average Bonchev–Trinajstić information content (AvgIpc) is 2.74. The van der Waals surface area contributed by atoms with E-state index in [2.05, 4.69) is 9.71 Å². The molecule has 0 atom stereocenters. The van der Waals surface area contributed by atoms with Gasteiger partial charge in [-0.2, -0.15) is 0 Å².